The molecule has 154 valence electrons. The molecule has 0 spiro atoms. The van der Waals surface area contributed by atoms with Crippen LogP contribution in [0.5, 0.6) is 0 Å². The lowest BCUT2D eigenvalue weighted by Crippen LogP contribution is -2.33. The number of urea groups is 1. The van der Waals surface area contributed by atoms with Crippen molar-refractivity contribution >= 4 is 29.2 Å². The van der Waals surface area contributed by atoms with E-state index in [1.807, 2.05) is 66.7 Å². The van der Waals surface area contributed by atoms with E-state index in [-0.39, 0.29) is 6.03 Å². The van der Waals surface area contributed by atoms with Gasteiger partial charge in [0, 0.05) is 25.3 Å². The largest absolute Gasteiger partial charge is 0.465 e. The highest BCUT2D eigenvalue weighted by Gasteiger charge is 2.12. The third kappa shape index (κ3) is 6.27. The maximum Gasteiger partial charge on any atom is 0.407 e. The molecule has 0 aliphatic heterocycles. The molecule has 7 nitrogen and oxygen atoms in total. The van der Waals surface area contributed by atoms with Gasteiger partial charge in [-0.3, -0.25) is 0 Å². The van der Waals surface area contributed by atoms with Gasteiger partial charge in [-0.25, -0.2) is 9.59 Å². The number of anilines is 3. The zero-order chi connectivity index (χ0) is 21.2. The first-order valence-electron chi connectivity index (χ1n) is 9.59. The molecule has 0 bridgehead atoms. The highest BCUT2D eigenvalue weighted by atomic mass is 16.4. The maximum atomic E-state index is 12.3. The Labute approximate surface area is 175 Å². The van der Waals surface area contributed by atoms with E-state index < -0.39 is 6.09 Å². The Bertz CT molecular complexity index is 964. The van der Waals surface area contributed by atoms with Crippen molar-refractivity contribution < 1.29 is 14.7 Å². The number of carboxylic acid groups (broad SMARTS) is 1. The Morgan fingerprint density at radius 2 is 1.37 bits per heavy atom. The van der Waals surface area contributed by atoms with Crippen molar-refractivity contribution in [1.29, 1.82) is 0 Å². The van der Waals surface area contributed by atoms with Crippen LogP contribution in [-0.2, 0) is 6.54 Å². The van der Waals surface area contributed by atoms with E-state index in [0.29, 0.717) is 36.7 Å². The Morgan fingerprint density at radius 1 is 0.767 bits per heavy atom. The summed E-state index contributed by atoms with van der Waals surface area (Å²) in [6, 6.07) is 25.6. The van der Waals surface area contributed by atoms with Gasteiger partial charge in [0.05, 0.1) is 11.4 Å². The van der Waals surface area contributed by atoms with Crippen LogP contribution in [0.4, 0.5) is 26.7 Å². The number of carbonyl (C=O) groups is 2. The number of rotatable bonds is 8. The number of para-hydroxylation sites is 3. The van der Waals surface area contributed by atoms with Crippen molar-refractivity contribution in [3.05, 3.63) is 90.5 Å². The predicted molar refractivity (Wildman–Crippen MR) is 119 cm³/mol. The minimum Gasteiger partial charge on any atom is -0.465 e. The summed E-state index contributed by atoms with van der Waals surface area (Å²) in [5.74, 6) is 0. The first kappa shape index (κ1) is 20.7. The number of nitrogens with one attached hydrogen (secondary N) is 3. The minimum atomic E-state index is -0.977. The monoisotopic (exact) mass is 404 g/mol. The average Bonchev–Trinajstić information content (AvgIpc) is 2.75. The van der Waals surface area contributed by atoms with Crippen LogP contribution in [0.2, 0.25) is 0 Å². The van der Waals surface area contributed by atoms with E-state index in [0.717, 1.165) is 5.56 Å². The maximum absolute atomic E-state index is 12.3. The van der Waals surface area contributed by atoms with Gasteiger partial charge < -0.3 is 26.0 Å². The lowest BCUT2D eigenvalue weighted by atomic mass is 10.2. The summed E-state index contributed by atoms with van der Waals surface area (Å²) in [7, 11) is 0. The summed E-state index contributed by atoms with van der Waals surface area (Å²) in [5.41, 5.74) is 2.94. The molecule has 0 aliphatic rings. The molecule has 7 heteroatoms. The van der Waals surface area contributed by atoms with Crippen molar-refractivity contribution in [3.63, 3.8) is 0 Å². The van der Waals surface area contributed by atoms with E-state index in [9.17, 15) is 14.7 Å². The molecule has 0 heterocycles. The third-order valence-corrected chi connectivity index (χ3v) is 4.39. The fraction of sp³-hybridized carbons (Fsp3) is 0.130. The summed E-state index contributed by atoms with van der Waals surface area (Å²) in [6.45, 7) is 1.02. The number of hydrogen-bond donors (Lipinski definition) is 4. The molecule has 0 unspecified atom stereocenters. The summed E-state index contributed by atoms with van der Waals surface area (Å²) in [4.78, 5) is 25.2. The van der Waals surface area contributed by atoms with Gasteiger partial charge in [0.25, 0.3) is 0 Å². The van der Waals surface area contributed by atoms with Crippen molar-refractivity contribution in [3.8, 4) is 0 Å². The zero-order valence-electron chi connectivity index (χ0n) is 16.4. The number of carbonyl (C=O) groups excluding carboxylic acids is 1. The fourth-order valence-corrected chi connectivity index (χ4v) is 2.92. The molecular formula is C23H24N4O3. The minimum absolute atomic E-state index is 0.300. The van der Waals surface area contributed by atoms with Crippen LogP contribution in [0.25, 0.3) is 0 Å². The van der Waals surface area contributed by atoms with Crippen LogP contribution in [-0.4, -0.2) is 35.2 Å². The van der Waals surface area contributed by atoms with E-state index in [4.69, 9.17) is 0 Å². The molecule has 3 rings (SSSR count). The molecular weight excluding hydrogens is 380 g/mol. The molecule has 30 heavy (non-hydrogen) atoms. The topological polar surface area (TPSA) is 93.7 Å². The first-order valence-corrected chi connectivity index (χ1v) is 9.59. The molecule has 0 atom stereocenters. The van der Waals surface area contributed by atoms with Gasteiger partial charge >= 0.3 is 12.1 Å². The van der Waals surface area contributed by atoms with E-state index >= 15 is 0 Å². The lowest BCUT2D eigenvalue weighted by molar-refractivity contribution is 0.144. The molecule has 3 amide bonds. The molecule has 0 aliphatic carbocycles. The van der Waals surface area contributed by atoms with Crippen molar-refractivity contribution in [2.45, 2.75) is 6.54 Å². The van der Waals surface area contributed by atoms with Crippen LogP contribution in [0, 0.1) is 0 Å². The normalized spacial score (nSPS) is 10.1. The number of hydrogen-bond acceptors (Lipinski definition) is 3. The van der Waals surface area contributed by atoms with E-state index in [1.165, 1.54) is 4.90 Å². The molecule has 3 aromatic carbocycles. The summed E-state index contributed by atoms with van der Waals surface area (Å²) < 4.78 is 0. The average molecular weight is 404 g/mol. The number of nitrogens with zero attached hydrogens (tertiary/aromatic N) is 1. The number of amides is 3. The number of benzene rings is 3. The van der Waals surface area contributed by atoms with Gasteiger partial charge in [-0.2, -0.15) is 0 Å². The van der Waals surface area contributed by atoms with Crippen LogP contribution < -0.4 is 16.0 Å². The van der Waals surface area contributed by atoms with Crippen molar-refractivity contribution in [1.82, 2.24) is 4.90 Å². The fourth-order valence-electron chi connectivity index (χ4n) is 2.92. The Kier molecular flexibility index (Phi) is 7.27. The molecule has 0 aromatic heterocycles. The molecule has 0 radical (unpaired) electrons. The molecule has 4 N–H and O–H groups in total. The van der Waals surface area contributed by atoms with Crippen molar-refractivity contribution in [2.75, 3.05) is 29.0 Å². The summed E-state index contributed by atoms with van der Waals surface area (Å²) in [6.07, 6.45) is -0.977. The highest BCUT2D eigenvalue weighted by Crippen LogP contribution is 2.21. The standard InChI is InChI=1S/C23H24N4O3/c28-22(25-19-11-5-2-6-12-19)26-21-14-8-7-13-20(21)24-15-16-27(23(29)30)17-18-9-3-1-4-10-18/h1-14,24H,15-17H2,(H,29,30)(H2,25,26,28). The smallest absolute Gasteiger partial charge is 0.407 e. The molecule has 0 fully saturated rings. The first-order chi connectivity index (χ1) is 14.6. The Balaban J connectivity index is 1.56. The SMILES string of the molecule is O=C(Nc1ccccc1)Nc1ccccc1NCCN(Cc1ccccc1)C(=O)O. The Morgan fingerprint density at radius 3 is 2.03 bits per heavy atom. The second-order valence-corrected chi connectivity index (χ2v) is 6.61. The molecule has 0 saturated carbocycles. The van der Waals surface area contributed by atoms with Crippen LogP contribution in [0.1, 0.15) is 5.56 Å². The van der Waals surface area contributed by atoms with Crippen LogP contribution in [0.3, 0.4) is 0 Å². The van der Waals surface area contributed by atoms with Gasteiger partial charge in [0.2, 0.25) is 0 Å². The quantitative estimate of drug-likeness (QED) is 0.429. The van der Waals surface area contributed by atoms with Gasteiger partial charge in [-0.15, -0.1) is 0 Å². The van der Waals surface area contributed by atoms with Gasteiger partial charge in [0.15, 0.2) is 0 Å². The van der Waals surface area contributed by atoms with Crippen molar-refractivity contribution in [2.24, 2.45) is 0 Å². The Hall–Kier alpha value is -4.00. The lowest BCUT2D eigenvalue weighted by Gasteiger charge is -2.20. The second-order valence-electron chi connectivity index (χ2n) is 6.61. The van der Waals surface area contributed by atoms with E-state index in [1.54, 1.807) is 18.2 Å². The van der Waals surface area contributed by atoms with Crippen LogP contribution >= 0.6 is 0 Å². The third-order valence-electron chi connectivity index (χ3n) is 4.39. The summed E-state index contributed by atoms with van der Waals surface area (Å²) >= 11 is 0. The van der Waals surface area contributed by atoms with Gasteiger partial charge in [-0.1, -0.05) is 60.7 Å². The van der Waals surface area contributed by atoms with E-state index in [2.05, 4.69) is 16.0 Å². The second kappa shape index (κ2) is 10.5. The summed E-state index contributed by atoms with van der Waals surface area (Å²) in [5, 5.41) is 18.3. The molecule has 3 aromatic rings. The predicted octanol–water partition coefficient (Wildman–Crippen LogP) is 4.92. The zero-order valence-corrected chi connectivity index (χ0v) is 16.4. The molecule has 0 saturated heterocycles. The van der Waals surface area contributed by atoms with Gasteiger partial charge in [-0.05, 0) is 29.8 Å². The highest BCUT2D eigenvalue weighted by molar-refractivity contribution is 6.01. The van der Waals surface area contributed by atoms with Crippen LogP contribution in [0.15, 0.2) is 84.9 Å². The van der Waals surface area contributed by atoms with Gasteiger partial charge in [0.1, 0.15) is 0 Å².